The number of amides is 2. The Hall–Kier alpha value is -3.27. The molecule has 0 bridgehead atoms. The number of nitrogens with zero attached hydrogens (tertiary/aromatic N) is 3. The molecule has 10 heteroatoms. The van der Waals surface area contributed by atoms with Crippen LogP contribution in [0.5, 0.6) is 0 Å². The largest absolute Gasteiger partial charge is 0.416 e. The van der Waals surface area contributed by atoms with Gasteiger partial charge in [-0.15, -0.1) is 10.2 Å². The van der Waals surface area contributed by atoms with Gasteiger partial charge in [-0.25, -0.2) is 0 Å². The standard InChI is InChI=1S/C22H19F3N4O2S/c1-13-4-6-14(7-5-13)19-27-28-21(32-19)26-18(30)17-3-2-12-29(17)20(31)15-8-10-16(11-9-15)22(23,24)25/h4-11,17H,2-3,12H2,1H3,(H,26,28,30). The molecule has 1 unspecified atom stereocenters. The minimum Gasteiger partial charge on any atom is -0.327 e. The summed E-state index contributed by atoms with van der Waals surface area (Å²) < 4.78 is 38.3. The Balaban J connectivity index is 1.44. The molecule has 32 heavy (non-hydrogen) atoms. The number of rotatable bonds is 4. The van der Waals surface area contributed by atoms with Crippen molar-refractivity contribution in [3.05, 3.63) is 65.2 Å². The lowest BCUT2D eigenvalue weighted by Crippen LogP contribution is -2.43. The van der Waals surface area contributed by atoms with E-state index in [0.717, 1.165) is 35.4 Å². The van der Waals surface area contributed by atoms with Gasteiger partial charge >= 0.3 is 6.18 Å². The summed E-state index contributed by atoms with van der Waals surface area (Å²) in [5.41, 5.74) is 1.28. The van der Waals surface area contributed by atoms with E-state index in [1.807, 2.05) is 31.2 Å². The van der Waals surface area contributed by atoms with E-state index in [9.17, 15) is 22.8 Å². The molecule has 1 aromatic heterocycles. The summed E-state index contributed by atoms with van der Waals surface area (Å²) in [6, 6.07) is 11.0. The second-order valence-electron chi connectivity index (χ2n) is 7.50. The van der Waals surface area contributed by atoms with Gasteiger partial charge in [0.2, 0.25) is 11.0 Å². The number of likely N-dealkylation sites (tertiary alicyclic amines) is 1. The summed E-state index contributed by atoms with van der Waals surface area (Å²) in [4.78, 5) is 27.0. The monoisotopic (exact) mass is 460 g/mol. The number of alkyl halides is 3. The van der Waals surface area contributed by atoms with Gasteiger partial charge in [-0.2, -0.15) is 13.2 Å². The molecule has 1 N–H and O–H groups in total. The SMILES string of the molecule is Cc1ccc(-c2nnc(NC(=O)C3CCCN3C(=O)c3ccc(C(F)(F)F)cc3)s2)cc1. The van der Waals surface area contributed by atoms with Crippen molar-refractivity contribution in [3.8, 4) is 10.6 Å². The number of anilines is 1. The average Bonchev–Trinajstić information content (AvgIpc) is 3.43. The summed E-state index contributed by atoms with van der Waals surface area (Å²) >= 11 is 1.22. The molecule has 0 saturated carbocycles. The Morgan fingerprint density at radius 3 is 2.41 bits per heavy atom. The van der Waals surface area contributed by atoms with Crippen molar-refractivity contribution in [2.75, 3.05) is 11.9 Å². The molecule has 0 spiro atoms. The van der Waals surface area contributed by atoms with Crippen molar-refractivity contribution >= 4 is 28.3 Å². The van der Waals surface area contributed by atoms with Crippen molar-refractivity contribution in [1.29, 1.82) is 0 Å². The van der Waals surface area contributed by atoms with Crippen molar-refractivity contribution in [3.63, 3.8) is 0 Å². The third-order valence-electron chi connectivity index (χ3n) is 5.23. The fraction of sp³-hybridized carbons (Fsp3) is 0.273. The summed E-state index contributed by atoms with van der Waals surface area (Å²) in [5.74, 6) is -0.872. The molecule has 166 valence electrons. The Bertz CT molecular complexity index is 1130. The maximum atomic E-state index is 12.8. The van der Waals surface area contributed by atoms with Crippen LogP contribution in [0.2, 0.25) is 0 Å². The summed E-state index contributed by atoms with van der Waals surface area (Å²) in [7, 11) is 0. The number of carbonyl (C=O) groups is 2. The fourth-order valence-electron chi connectivity index (χ4n) is 3.53. The first-order chi connectivity index (χ1) is 15.2. The number of nitrogens with one attached hydrogen (secondary N) is 1. The highest BCUT2D eigenvalue weighted by molar-refractivity contribution is 7.18. The van der Waals surface area contributed by atoms with Crippen LogP contribution >= 0.6 is 11.3 Å². The van der Waals surface area contributed by atoms with Gasteiger partial charge in [0.05, 0.1) is 5.56 Å². The Morgan fingerprint density at radius 1 is 1.06 bits per heavy atom. The van der Waals surface area contributed by atoms with Crippen LogP contribution in [0, 0.1) is 6.92 Å². The molecule has 2 aromatic carbocycles. The van der Waals surface area contributed by atoms with Gasteiger partial charge in [0, 0.05) is 17.7 Å². The molecule has 1 aliphatic heterocycles. The molecular weight excluding hydrogens is 441 g/mol. The predicted octanol–water partition coefficient (Wildman–Crippen LogP) is 4.78. The Morgan fingerprint density at radius 2 is 1.75 bits per heavy atom. The van der Waals surface area contributed by atoms with Crippen molar-refractivity contribution in [1.82, 2.24) is 15.1 Å². The first kappa shape index (κ1) is 21.9. The van der Waals surface area contributed by atoms with Crippen molar-refractivity contribution in [2.24, 2.45) is 0 Å². The van der Waals surface area contributed by atoms with E-state index in [1.54, 1.807) is 0 Å². The van der Waals surface area contributed by atoms with Crippen LogP contribution in [0.25, 0.3) is 10.6 Å². The topological polar surface area (TPSA) is 75.2 Å². The number of halogens is 3. The molecule has 1 saturated heterocycles. The normalized spacial score (nSPS) is 16.2. The molecule has 0 radical (unpaired) electrons. The third kappa shape index (κ3) is 4.64. The molecule has 2 heterocycles. The molecule has 2 amide bonds. The van der Waals surface area contributed by atoms with E-state index in [4.69, 9.17) is 0 Å². The summed E-state index contributed by atoms with van der Waals surface area (Å²) in [6.07, 6.45) is -3.39. The lowest BCUT2D eigenvalue weighted by Gasteiger charge is -2.23. The maximum Gasteiger partial charge on any atom is 0.416 e. The van der Waals surface area contributed by atoms with E-state index < -0.39 is 29.6 Å². The van der Waals surface area contributed by atoms with Crippen molar-refractivity contribution < 1.29 is 22.8 Å². The quantitative estimate of drug-likeness (QED) is 0.608. The zero-order valence-corrected chi connectivity index (χ0v) is 17.8. The number of hydrogen-bond acceptors (Lipinski definition) is 5. The number of aryl methyl sites for hydroxylation is 1. The van der Waals surface area contributed by atoms with Gasteiger partial charge in [0.1, 0.15) is 11.0 Å². The van der Waals surface area contributed by atoms with Crippen LogP contribution in [-0.2, 0) is 11.0 Å². The third-order valence-corrected chi connectivity index (χ3v) is 6.12. The fourth-order valence-corrected chi connectivity index (χ4v) is 4.28. The van der Waals surface area contributed by atoms with E-state index in [1.165, 1.54) is 16.2 Å². The molecule has 1 aliphatic rings. The van der Waals surface area contributed by atoms with Crippen LogP contribution < -0.4 is 5.32 Å². The van der Waals surface area contributed by atoms with Crippen LogP contribution in [0.4, 0.5) is 18.3 Å². The lowest BCUT2D eigenvalue weighted by molar-refractivity contribution is -0.137. The maximum absolute atomic E-state index is 12.8. The predicted molar refractivity (Wildman–Crippen MR) is 114 cm³/mol. The highest BCUT2D eigenvalue weighted by Gasteiger charge is 2.36. The lowest BCUT2D eigenvalue weighted by atomic mass is 10.1. The van der Waals surface area contributed by atoms with Gasteiger partial charge in [0.25, 0.3) is 5.91 Å². The van der Waals surface area contributed by atoms with Gasteiger partial charge in [0.15, 0.2) is 0 Å². The molecule has 4 rings (SSSR count). The molecule has 1 fully saturated rings. The number of aromatic nitrogens is 2. The van der Waals surface area contributed by atoms with Crippen LogP contribution in [0.3, 0.4) is 0 Å². The smallest absolute Gasteiger partial charge is 0.327 e. The van der Waals surface area contributed by atoms with E-state index in [0.29, 0.717) is 29.5 Å². The zero-order chi connectivity index (χ0) is 22.9. The molecule has 3 aromatic rings. The first-order valence-electron chi connectivity index (χ1n) is 9.92. The first-order valence-corrected chi connectivity index (χ1v) is 10.7. The van der Waals surface area contributed by atoms with Crippen molar-refractivity contribution in [2.45, 2.75) is 32.0 Å². The minimum atomic E-state index is -4.48. The van der Waals surface area contributed by atoms with E-state index >= 15 is 0 Å². The highest BCUT2D eigenvalue weighted by Crippen LogP contribution is 2.30. The number of hydrogen-bond donors (Lipinski definition) is 1. The number of benzene rings is 2. The van der Waals surface area contributed by atoms with Crippen LogP contribution in [-0.4, -0.2) is 39.5 Å². The highest BCUT2D eigenvalue weighted by atomic mass is 32.1. The molecular formula is C22H19F3N4O2S. The average molecular weight is 460 g/mol. The molecule has 0 aliphatic carbocycles. The molecule has 6 nitrogen and oxygen atoms in total. The summed E-state index contributed by atoms with van der Waals surface area (Å²) in [6.45, 7) is 2.33. The van der Waals surface area contributed by atoms with Crippen LogP contribution in [0.15, 0.2) is 48.5 Å². The summed E-state index contributed by atoms with van der Waals surface area (Å²) in [5, 5.41) is 11.8. The van der Waals surface area contributed by atoms with E-state index in [-0.39, 0.29) is 5.56 Å². The second kappa shape index (κ2) is 8.70. The molecule has 1 atom stereocenters. The second-order valence-corrected chi connectivity index (χ2v) is 8.48. The van der Waals surface area contributed by atoms with Gasteiger partial charge in [-0.1, -0.05) is 41.2 Å². The minimum absolute atomic E-state index is 0.107. The Kier molecular flexibility index (Phi) is 5.96. The van der Waals surface area contributed by atoms with Gasteiger partial charge in [-0.05, 0) is 44.0 Å². The van der Waals surface area contributed by atoms with Gasteiger partial charge < -0.3 is 4.90 Å². The van der Waals surface area contributed by atoms with E-state index in [2.05, 4.69) is 15.5 Å². The van der Waals surface area contributed by atoms with Gasteiger partial charge in [-0.3, -0.25) is 14.9 Å². The number of carbonyl (C=O) groups excluding carboxylic acids is 2. The Labute approximate surface area is 186 Å². The zero-order valence-electron chi connectivity index (χ0n) is 17.0. The van der Waals surface area contributed by atoms with Crippen LogP contribution in [0.1, 0.15) is 34.3 Å².